The molecule has 1 unspecified atom stereocenters. The van der Waals surface area contributed by atoms with Gasteiger partial charge in [0.25, 0.3) is 15.9 Å². The van der Waals surface area contributed by atoms with Crippen LogP contribution in [-0.4, -0.2) is 54.5 Å². The highest BCUT2D eigenvalue weighted by molar-refractivity contribution is 7.90. The van der Waals surface area contributed by atoms with Crippen molar-refractivity contribution in [1.82, 2.24) is 14.5 Å². The number of carbonyl (C=O) groups is 3. The Morgan fingerprint density at radius 2 is 1.62 bits per heavy atom. The molecule has 0 saturated heterocycles. The first-order valence-corrected chi connectivity index (χ1v) is 13.5. The predicted molar refractivity (Wildman–Crippen MR) is 139 cm³/mol. The molecule has 192 valence electrons. The second-order valence-corrected chi connectivity index (χ2v) is 10.8. The molecule has 8 nitrogen and oxygen atoms in total. The van der Waals surface area contributed by atoms with E-state index in [1.807, 2.05) is 61.5 Å². The summed E-state index contributed by atoms with van der Waals surface area (Å²) in [6, 6.07) is 21.8. The van der Waals surface area contributed by atoms with E-state index >= 15 is 0 Å². The molecule has 1 aliphatic heterocycles. The average Bonchev–Trinajstić information content (AvgIpc) is 3.07. The van der Waals surface area contributed by atoms with Gasteiger partial charge in [-0.15, -0.1) is 0 Å². The molecule has 1 N–H and O–H groups in total. The van der Waals surface area contributed by atoms with E-state index in [2.05, 4.69) is 5.32 Å². The lowest BCUT2D eigenvalue weighted by molar-refractivity contribution is -0.141. The quantitative estimate of drug-likeness (QED) is 0.468. The summed E-state index contributed by atoms with van der Waals surface area (Å²) in [5.74, 6) is -1.75. The maximum Gasteiger partial charge on any atom is 0.269 e. The highest BCUT2D eigenvalue weighted by Crippen LogP contribution is 2.30. The number of amides is 3. The number of carbonyl (C=O) groups excluding carboxylic acids is 3. The Morgan fingerprint density at radius 3 is 2.30 bits per heavy atom. The molecule has 3 aromatic rings. The second kappa shape index (κ2) is 11.0. The van der Waals surface area contributed by atoms with E-state index in [9.17, 15) is 22.8 Å². The number of likely N-dealkylation sites (N-methyl/N-ethyl adjacent to an activating group) is 1. The molecule has 1 atom stereocenters. The van der Waals surface area contributed by atoms with Crippen LogP contribution in [0.3, 0.4) is 0 Å². The molecular formula is C28H29N3O5S. The van der Waals surface area contributed by atoms with Crippen LogP contribution in [0.5, 0.6) is 0 Å². The van der Waals surface area contributed by atoms with Crippen molar-refractivity contribution in [1.29, 1.82) is 0 Å². The zero-order valence-electron chi connectivity index (χ0n) is 20.8. The molecule has 0 bridgehead atoms. The van der Waals surface area contributed by atoms with Gasteiger partial charge in [-0.25, -0.2) is 12.7 Å². The van der Waals surface area contributed by atoms with Gasteiger partial charge >= 0.3 is 0 Å². The Kier molecular flexibility index (Phi) is 7.73. The summed E-state index contributed by atoms with van der Waals surface area (Å²) in [6.07, 6.45) is 0.227. The molecule has 3 amide bonds. The summed E-state index contributed by atoms with van der Waals surface area (Å²) in [5.41, 5.74) is 2.65. The number of hydrogen-bond donors (Lipinski definition) is 1. The van der Waals surface area contributed by atoms with Gasteiger partial charge in [-0.2, -0.15) is 0 Å². The third-order valence-corrected chi connectivity index (χ3v) is 8.04. The van der Waals surface area contributed by atoms with Crippen molar-refractivity contribution >= 4 is 27.7 Å². The Hall–Kier alpha value is -3.98. The molecule has 3 aromatic carbocycles. The lowest BCUT2D eigenvalue weighted by Gasteiger charge is -2.32. The van der Waals surface area contributed by atoms with Crippen molar-refractivity contribution in [2.45, 2.75) is 37.8 Å². The van der Waals surface area contributed by atoms with Gasteiger partial charge in [0, 0.05) is 19.5 Å². The fourth-order valence-electron chi connectivity index (χ4n) is 4.45. The average molecular weight is 520 g/mol. The molecule has 37 heavy (non-hydrogen) atoms. The largest absolute Gasteiger partial charge is 0.355 e. The van der Waals surface area contributed by atoms with Crippen molar-refractivity contribution in [3.8, 4) is 0 Å². The SMILES string of the molecule is CCNC(=O)C(Cc1ccccc1)N(Cc1cccc(C)c1)C(=O)CN1C(=O)c2ccccc2S1(=O)=O. The van der Waals surface area contributed by atoms with Crippen LogP contribution >= 0.6 is 0 Å². The van der Waals surface area contributed by atoms with Gasteiger partial charge in [-0.3, -0.25) is 14.4 Å². The molecule has 1 aliphatic rings. The number of nitrogens with one attached hydrogen (secondary N) is 1. The minimum Gasteiger partial charge on any atom is -0.355 e. The first-order valence-electron chi connectivity index (χ1n) is 12.0. The lowest BCUT2D eigenvalue weighted by Crippen LogP contribution is -2.53. The van der Waals surface area contributed by atoms with Crippen LogP contribution in [-0.2, 0) is 32.6 Å². The number of aryl methyl sites for hydroxylation is 1. The van der Waals surface area contributed by atoms with Crippen molar-refractivity contribution in [3.63, 3.8) is 0 Å². The zero-order valence-corrected chi connectivity index (χ0v) is 21.6. The molecule has 0 aromatic heterocycles. The number of fused-ring (bicyclic) bond motifs is 1. The van der Waals surface area contributed by atoms with Crippen molar-refractivity contribution in [2.24, 2.45) is 0 Å². The molecule has 0 radical (unpaired) electrons. The molecular weight excluding hydrogens is 490 g/mol. The fraction of sp³-hybridized carbons (Fsp3) is 0.250. The van der Waals surface area contributed by atoms with Crippen LogP contribution in [0.2, 0.25) is 0 Å². The third kappa shape index (κ3) is 5.56. The number of hydrogen-bond acceptors (Lipinski definition) is 5. The minimum atomic E-state index is -4.18. The second-order valence-electron chi connectivity index (χ2n) is 8.92. The van der Waals surface area contributed by atoms with Crippen molar-refractivity contribution in [2.75, 3.05) is 13.1 Å². The molecule has 1 heterocycles. The van der Waals surface area contributed by atoms with Gasteiger partial charge in [0.1, 0.15) is 17.5 Å². The van der Waals surface area contributed by atoms with E-state index in [4.69, 9.17) is 0 Å². The van der Waals surface area contributed by atoms with Crippen molar-refractivity contribution in [3.05, 3.63) is 101 Å². The maximum absolute atomic E-state index is 13.8. The molecule has 0 aliphatic carbocycles. The Labute approximate surface area is 217 Å². The Morgan fingerprint density at radius 1 is 0.946 bits per heavy atom. The normalized spacial score (nSPS) is 14.6. The summed E-state index contributed by atoms with van der Waals surface area (Å²) in [6.45, 7) is 3.45. The van der Waals surface area contributed by atoms with Crippen molar-refractivity contribution < 1.29 is 22.8 Å². The van der Waals surface area contributed by atoms with E-state index in [1.165, 1.54) is 23.1 Å². The standard InChI is InChI=1S/C28H29N3O5S/c1-3-29-27(33)24(17-21-11-5-4-6-12-21)30(18-22-13-9-10-20(2)16-22)26(32)19-31-28(34)23-14-7-8-15-25(23)37(31,35)36/h4-16,24H,3,17-19H2,1-2H3,(H,29,33). The smallest absolute Gasteiger partial charge is 0.269 e. The topological polar surface area (TPSA) is 104 Å². The molecule has 0 fully saturated rings. The lowest BCUT2D eigenvalue weighted by atomic mass is 10.0. The highest BCUT2D eigenvalue weighted by Gasteiger charge is 2.43. The Balaban J connectivity index is 1.71. The first-order chi connectivity index (χ1) is 17.7. The van der Waals surface area contributed by atoms with Crippen LogP contribution in [0.25, 0.3) is 0 Å². The van der Waals surface area contributed by atoms with E-state index in [0.717, 1.165) is 16.7 Å². The van der Waals surface area contributed by atoms with Gasteiger partial charge < -0.3 is 10.2 Å². The Bertz CT molecular complexity index is 1420. The van der Waals surface area contributed by atoms with E-state index in [-0.39, 0.29) is 29.3 Å². The highest BCUT2D eigenvalue weighted by atomic mass is 32.2. The zero-order chi connectivity index (χ0) is 26.6. The first kappa shape index (κ1) is 26.1. The molecule has 4 rings (SSSR count). The fourth-order valence-corrected chi connectivity index (χ4v) is 5.97. The van der Waals surface area contributed by atoms with Gasteiger partial charge in [-0.1, -0.05) is 72.3 Å². The summed E-state index contributed by atoms with van der Waals surface area (Å²) in [7, 11) is -4.18. The van der Waals surface area contributed by atoms with Crippen LogP contribution in [0.4, 0.5) is 0 Å². The summed E-state index contributed by atoms with van der Waals surface area (Å²) >= 11 is 0. The molecule has 9 heteroatoms. The molecule has 0 spiro atoms. The van der Waals surface area contributed by atoms with E-state index in [0.29, 0.717) is 10.8 Å². The number of sulfonamides is 1. The summed E-state index contributed by atoms with van der Waals surface area (Å²) in [5, 5.41) is 2.80. The molecule has 0 saturated carbocycles. The van der Waals surface area contributed by atoms with E-state index < -0.39 is 34.4 Å². The van der Waals surface area contributed by atoms with Crippen LogP contribution in [0.15, 0.2) is 83.8 Å². The van der Waals surface area contributed by atoms with Gasteiger partial charge in [-0.05, 0) is 37.1 Å². The number of rotatable bonds is 9. The number of nitrogens with zero attached hydrogens (tertiary/aromatic N) is 2. The number of benzene rings is 3. The van der Waals surface area contributed by atoms with E-state index in [1.54, 1.807) is 13.0 Å². The summed E-state index contributed by atoms with van der Waals surface area (Å²) in [4.78, 5) is 41.3. The third-order valence-electron chi connectivity index (χ3n) is 6.25. The maximum atomic E-state index is 13.8. The predicted octanol–water partition coefficient (Wildman–Crippen LogP) is 2.92. The van der Waals surface area contributed by atoms with Crippen LogP contribution in [0, 0.1) is 6.92 Å². The van der Waals surface area contributed by atoms with Gasteiger partial charge in [0.2, 0.25) is 11.8 Å². The van der Waals surface area contributed by atoms with Crippen LogP contribution in [0.1, 0.15) is 34.0 Å². The van der Waals surface area contributed by atoms with Gasteiger partial charge in [0.05, 0.1) is 5.56 Å². The monoisotopic (exact) mass is 519 g/mol. The minimum absolute atomic E-state index is 0.0325. The van der Waals surface area contributed by atoms with Gasteiger partial charge in [0.15, 0.2) is 0 Å². The summed E-state index contributed by atoms with van der Waals surface area (Å²) < 4.78 is 26.8. The van der Waals surface area contributed by atoms with Crippen LogP contribution < -0.4 is 5.32 Å².